The van der Waals surface area contributed by atoms with Gasteiger partial charge in [0.1, 0.15) is 17.4 Å². The number of pyridine rings is 1. The molecule has 1 amide bonds. The number of benzene rings is 1. The molecule has 5 rings (SSSR count). The Balaban J connectivity index is 1.45. The fraction of sp³-hybridized carbons (Fsp3) is 0.318. The Morgan fingerprint density at radius 1 is 1.20 bits per heavy atom. The number of hydrogen-bond donors (Lipinski definition) is 3. The van der Waals surface area contributed by atoms with Crippen LogP contribution in [0.3, 0.4) is 0 Å². The smallest absolute Gasteiger partial charge is 0.404 e. The van der Waals surface area contributed by atoms with Crippen LogP contribution in [0.1, 0.15) is 6.42 Å². The van der Waals surface area contributed by atoms with Crippen molar-refractivity contribution in [2.75, 3.05) is 24.3 Å². The molecule has 8 heteroatoms. The number of carbonyl (C=O) groups excluding carboxylic acids is 1. The average Bonchev–Trinajstić information content (AvgIpc) is 3.44. The molecule has 4 N–H and O–H groups in total. The molecule has 1 aromatic carbocycles. The SMILES string of the molecule is CN(C)c1ccc(-c2nc3nccc(N[C@H]4[C@@H](OC(N)=O)[C@@H]5C=C[C@H]4C5)c3[nH]2)cc1. The number of carbonyl (C=O) groups is 1. The van der Waals surface area contributed by atoms with Crippen LogP contribution in [0.4, 0.5) is 16.2 Å². The van der Waals surface area contributed by atoms with Gasteiger partial charge < -0.3 is 25.7 Å². The highest BCUT2D eigenvalue weighted by atomic mass is 16.6. The first kappa shape index (κ1) is 18.5. The Morgan fingerprint density at radius 3 is 2.70 bits per heavy atom. The molecule has 2 aromatic heterocycles. The first-order valence-electron chi connectivity index (χ1n) is 10.0. The van der Waals surface area contributed by atoms with E-state index < -0.39 is 6.09 Å². The fourth-order valence-electron chi connectivity index (χ4n) is 4.53. The number of nitrogens with zero attached hydrogens (tertiary/aromatic N) is 3. The van der Waals surface area contributed by atoms with Crippen LogP contribution in [-0.4, -0.2) is 47.3 Å². The Kier molecular flexibility index (Phi) is 4.34. The Labute approximate surface area is 174 Å². The maximum absolute atomic E-state index is 11.4. The molecule has 0 unspecified atom stereocenters. The Hall–Kier alpha value is -3.55. The normalized spacial score (nSPS) is 24.3. The third-order valence-corrected chi connectivity index (χ3v) is 6.01. The minimum atomic E-state index is -0.738. The summed E-state index contributed by atoms with van der Waals surface area (Å²) >= 11 is 0. The van der Waals surface area contributed by atoms with E-state index in [-0.39, 0.29) is 18.1 Å². The first-order chi connectivity index (χ1) is 14.5. The van der Waals surface area contributed by atoms with E-state index in [1.54, 1.807) is 6.20 Å². The molecule has 8 nitrogen and oxygen atoms in total. The highest BCUT2D eigenvalue weighted by molar-refractivity contribution is 5.88. The number of ether oxygens (including phenoxy) is 1. The molecular formula is C22H24N6O2. The number of H-pyrrole nitrogens is 1. The Morgan fingerprint density at radius 2 is 1.97 bits per heavy atom. The predicted octanol–water partition coefficient (Wildman–Crippen LogP) is 3.14. The monoisotopic (exact) mass is 404 g/mol. The van der Waals surface area contributed by atoms with Crippen molar-refractivity contribution in [2.45, 2.75) is 18.6 Å². The van der Waals surface area contributed by atoms with E-state index in [0.717, 1.165) is 34.7 Å². The summed E-state index contributed by atoms with van der Waals surface area (Å²) in [6.07, 6.45) is 5.98. The minimum absolute atomic E-state index is 0.0378. The van der Waals surface area contributed by atoms with Gasteiger partial charge in [0, 0.05) is 43.4 Å². The van der Waals surface area contributed by atoms with Gasteiger partial charge in [-0.05, 0) is 36.8 Å². The number of anilines is 2. The molecule has 2 bridgehead atoms. The number of nitrogens with two attached hydrogens (primary N) is 1. The van der Waals surface area contributed by atoms with Crippen molar-refractivity contribution >= 4 is 28.6 Å². The van der Waals surface area contributed by atoms with Crippen LogP contribution in [0.15, 0.2) is 48.7 Å². The van der Waals surface area contributed by atoms with Crippen molar-refractivity contribution in [3.05, 3.63) is 48.7 Å². The van der Waals surface area contributed by atoms with E-state index in [1.165, 1.54) is 0 Å². The van der Waals surface area contributed by atoms with E-state index in [1.807, 2.05) is 32.3 Å². The number of imidazole rings is 1. The maximum Gasteiger partial charge on any atom is 0.404 e. The Bertz CT molecular complexity index is 1120. The largest absolute Gasteiger partial charge is 0.444 e. The number of nitrogens with one attached hydrogen (secondary N) is 2. The molecule has 1 fully saturated rings. The van der Waals surface area contributed by atoms with Crippen LogP contribution in [0, 0.1) is 11.8 Å². The highest BCUT2D eigenvalue weighted by Gasteiger charge is 2.47. The number of fused-ring (bicyclic) bond motifs is 3. The lowest BCUT2D eigenvalue weighted by Gasteiger charge is -2.28. The second-order valence-corrected chi connectivity index (χ2v) is 8.10. The van der Waals surface area contributed by atoms with Crippen molar-refractivity contribution in [3.8, 4) is 11.4 Å². The quantitative estimate of drug-likeness (QED) is 0.564. The van der Waals surface area contributed by atoms with E-state index >= 15 is 0 Å². The zero-order valence-electron chi connectivity index (χ0n) is 16.9. The van der Waals surface area contributed by atoms with Crippen molar-refractivity contribution < 1.29 is 9.53 Å². The molecule has 0 saturated heterocycles. The molecule has 0 radical (unpaired) electrons. The van der Waals surface area contributed by atoms with Crippen LogP contribution < -0.4 is 16.0 Å². The lowest BCUT2D eigenvalue weighted by Crippen LogP contribution is -2.41. The van der Waals surface area contributed by atoms with Gasteiger partial charge in [0.05, 0.1) is 11.7 Å². The van der Waals surface area contributed by atoms with Gasteiger partial charge in [-0.3, -0.25) is 0 Å². The summed E-state index contributed by atoms with van der Waals surface area (Å²) in [5.41, 5.74) is 9.76. The second-order valence-electron chi connectivity index (χ2n) is 8.10. The summed E-state index contributed by atoms with van der Waals surface area (Å²) in [6.45, 7) is 0. The summed E-state index contributed by atoms with van der Waals surface area (Å²) in [7, 11) is 4.02. The van der Waals surface area contributed by atoms with Crippen molar-refractivity contribution in [1.29, 1.82) is 0 Å². The number of rotatable bonds is 5. The third kappa shape index (κ3) is 3.14. The van der Waals surface area contributed by atoms with Gasteiger partial charge in [0.25, 0.3) is 0 Å². The standard InChI is InChI=1S/C22H24N6O2/c1-28(2)15-7-5-12(6-8-15)20-26-18-16(9-10-24-21(18)27-20)25-17-13-3-4-14(11-13)19(17)30-22(23)29/h3-10,13-14,17,19H,11H2,1-2H3,(H2,23,29)(H2,24,25,26,27)/t13-,14+,17+,19-/m0/s1. The number of amides is 1. The summed E-state index contributed by atoms with van der Waals surface area (Å²) in [5.74, 6) is 1.25. The summed E-state index contributed by atoms with van der Waals surface area (Å²) in [6, 6.07) is 10.1. The number of aromatic amines is 1. The van der Waals surface area contributed by atoms with Gasteiger partial charge in [-0.1, -0.05) is 12.2 Å². The average molecular weight is 404 g/mol. The molecule has 2 heterocycles. The molecule has 0 aliphatic heterocycles. The van der Waals surface area contributed by atoms with Crippen molar-refractivity contribution in [1.82, 2.24) is 15.0 Å². The second kappa shape index (κ2) is 7.05. The van der Waals surface area contributed by atoms with Crippen LogP contribution in [0.5, 0.6) is 0 Å². The van der Waals surface area contributed by atoms with E-state index in [9.17, 15) is 4.79 Å². The molecule has 154 valence electrons. The van der Waals surface area contributed by atoms with E-state index in [0.29, 0.717) is 11.6 Å². The van der Waals surface area contributed by atoms with Gasteiger partial charge in [0.2, 0.25) is 0 Å². The van der Waals surface area contributed by atoms with E-state index in [4.69, 9.17) is 10.5 Å². The van der Waals surface area contributed by atoms with Gasteiger partial charge in [-0.15, -0.1) is 0 Å². The van der Waals surface area contributed by atoms with Gasteiger partial charge in [0.15, 0.2) is 5.65 Å². The lowest BCUT2D eigenvalue weighted by atomic mass is 9.98. The van der Waals surface area contributed by atoms with Crippen LogP contribution in [0.2, 0.25) is 0 Å². The molecule has 4 atom stereocenters. The van der Waals surface area contributed by atoms with Crippen LogP contribution >= 0.6 is 0 Å². The summed E-state index contributed by atoms with van der Waals surface area (Å²) in [5, 5.41) is 3.56. The van der Waals surface area contributed by atoms with Gasteiger partial charge in [-0.2, -0.15) is 0 Å². The van der Waals surface area contributed by atoms with Crippen molar-refractivity contribution in [2.24, 2.45) is 17.6 Å². The molecule has 0 spiro atoms. The molecular weight excluding hydrogens is 380 g/mol. The fourth-order valence-corrected chi connectivity index (χ4v) is 4.53. The molecule has 30 heavy (non-hydrogen) atoms. The number of aromatic nitrogens is 3. The van der Waals surface area contributed by atoms with Gasteiger partial charge in [-0.25, -0.2) is 14.8 Å². The number of primary amides is 1. The molecule has 3 aromatic rings. The number of hydrogen-bond acceptors (Lipinski definition) is 6. The first-order valence-corrected chi connectivity index (χ1v) is 10.0. The molecule has 2 aliphatic carbocycles. The van der Waals surface area contributed by atoms with Crippen molar-refractivity contribution in [3.63, 3.8) is 0 Å². The van der Waals surface area contributed by atoms with Gasteiger partial charge >= 0.3 is 6.09 Å². The molecule has 2 aliphatic rings. The third-order valence-electron chi connectivity index (χ3n) is 6.01. The lowest BCUT2D eigenvalue weighted by molar-refractivity contribution is 0.0854. The van der Waals surface area contributed by atoms with Crippen LogP contribution in [0.25, 0.3) is 22.6 Å². The zero-order chi connectivity index (χ0) is 20.8. The van der Waals surface area contributed by atoms with E-state index in [2.05, 4.69) is 49.5 Å². The molecule has 1 saturated carbocycles. The van der Waals surface area contributed by atoms with Crippen LogP contribution in [-0.2, 0) is 4.74 Å². The summed E-state index contributed by atoms with van der Waals surface area (Å²) in [4.78, 5) is 25.9. The predicted molar refractivity (Wildman–Crippen MR) is 116 cm³/mol. The topological polar surface area (TPSA) is 109 Å². The minimum Gasteiger partial charge on any atom is -0.444 e. The highest BCUT2D eigenvalue weighted by Crippen LogP contribution is 2.43. The maximum atomic E-state index is 11.4. The summed E-state index contributed by atoms with van der Waals surface area (Å²) < 4.78 is 5.43. The zero-order valence-corrected chi connectivity index (χ0v) is 16.9.